The molecule has 2 aromatic rings. The summed E-state index contributed by atoms with van der Waals surface area (Å²) in [5.41, 5.74) is 1.10. The molecular formula is C13H15BF3KN2O. The minimum atomic E-state index is -5.00. The summed E-state index contributed by atoms with van der Waals surface area (Å²) in [6.45, 7) is -2.82. The molecule has 0 aliphatic rings. The Balaban J connectivity index is 0.00000220. The maximum absolute atomic E-state index is 12.6. The molecule has 2 rings (SSSR count). The second kappa shape index (κ2) is 7.82. The number of nitrogens with zero attached hydrogens (tertiary/aromatic N) is 2. The van der Waals surface area contributed by atoms with Gasteiger partial charge in [0.1, 0.15) is 12.4 Å². The first-order chi connectivity index (χ1) is 9.40. The van der Waals surface area contributed by atoms with Gasteiger partial charge in [0, 0.05) is 7.05 Å². The van der Waals surface area contributed by atoms with Crippen molar-refractivity contribution in [1.82, 2.24) is 9.78 Å². The molecule has 1 aromatic heterocycles. The molecule has 0 aliphatic carbocycles. The summed E-state index contributed by atoms with van der Waals surface area (Å²) in [7, 11) is 1.78. The summed E-state index contributed by atoms with van der Waals surface area (Å²) in [5, 5.41) is 4.26. The van der Waals surface area contributed by atoms with Crippen molar-refractivity contribution in [3.05, 3.63) is 41.7 Å². The molecule has 0 aliphatic heterocycles. The predicted octanol–water partition coefficient (Wildman–Crippen LogP) is -0.380. The average molecular weight is 322 g/mol. The predicted molar refractivity (Wildman–Crippen MR) is 72.1 cm³/mol. The van der Waals surface area contributed by atoms with E-state index in [0.717, 1.165) is 29.9 Å². The van der Waals surface area contributed by atoms with Gasteiger partial charge >= 0.3 is 58.4 Å². The maximum atomic E-state index is 12.6. The first-order valence-electron chi connectivity index (χ1n) is 6.34. The van der Waals surface area contributed by atoms with Crippen LogP contribution in [0.2, 0.25) is 0 Å². The van der Waals surface area contributed by atoms with Crippen LogP contribution in [0.15, 0.2) is 30.3 Å². The van der Waals surface area contributed by atoms with Gasteiger partial charge in [0.15, 0.2) is 0 Å². The van der Waals surface area contributed by atoms with E-state index in [0.29, 0.717) is 0 Å². The van der Waals surface area contributed by atoms with Crippen LogP contribution in [0.5, 0.6) is 5.75 Å². The van der Waals surface area contributed by atoms with E-state index < -0.39 is 12.4 Å². The summed E-state index contributed by atoms with van der Waals surface area (Å²) in [4.78, 5) is 0. The van der Waals surface area contributed by atoms with Crippen molar-refractivity contribution in [1.29, 1.82) is 0 Å². The zero-order chi connectivity index (χ0) is 14.8. The normalized spacial score (nSPS) is 11.1. The second-order valence-electron chi connectivity index (χ2n) is 4.54. The van der Waals surface area contributed by atoms with Crippen molar-refractivity contribution in [2.24, 2.45) is 7.05 Å². The topological polar surface area (TPSA) is 27.1 Å². The summed E-state index contributed by atoms with van der Waals surface area (Å²) in [6, 6.07) is 6.82. The average Bonchev–Trinajstić information content (AvgIpc) is 2.76. The second-order valence-corrected chi connectivity index (χ2v) is 4.54. The van der Waals surface area contributed by atoms with Crippen molar-refractivity contribution < 1.29 is 69.1 Å². The zero-order valence-electron chi connectivity index (χ0n) is 12.3. The molecule has 108 valence electrons. The van der Waals surface area contributed by atoms with Crippen LogP contribution in [0.4, 0.5) is 12.9 Å². The molecule has 3 nitrogen and oxygen atoms in total. The number of benzene rings is 1. The van der Waals surface area contributed by atoms with Gasteiger partial charge in [0.05, 0.1) is 11.4 Å². The summed E-state index contributed by atoms with van der Waals surface area (Å²) < 4.78 is 45.0. The molecule has 21 heavy (non-hydrogen) atoms. The van der Waals surface area contributed by atoms with Crippen LogP contribution in [0.1, 0.15) is 18.3 Å². The number of ether oxygens (including phenoxy) is 1. The van der Waals surface area contributed by atoms with E-state index in [2.05, 4.69) is 5.10 Å². The number of aryl methyl sites for hydroxylation is 2. The summed E-state index contributed by atoms with van der Waals surface area (Å²) in [5.74, 6) is 0.209. The summed E-state index contributed by atoms with van der Waals surface area (Å²) >= 11 is 0. The van der Waals surface area contributed by atoms with Gasteiger partial charge in [-0.1, -0.05) is 19.1 Å². The van der Waals surface area contributed by atoms with Crippen LogP contribution in [-0.2, 0) is 20.1 Å². The molecule has 0 amide bonds. The number of hydrogen-bond acceptors (Lipinski definition) is 2. The monoisotopic (exact) mass is 322 g/mol. The fourth-order valence-corrected chi connectivity index (χ4v) is 1.84. The van der Waals surface area contributed by atoms with Gasteiger partial charge in [-0.15, -0.1) is 5.46 Å². The van der Waals surface area contributed by atoms with Crippen LogP contribution in [-0.4, -0.2) is 16.8 Å². The van der Waals surface area contributed by atoms with Gasteiger partial charge in [-0.3, -0.25) is 4.68 Å². The van der Waals surface area contributed by atoms with Crippen molar-refractivity contribution in [2.75, 3.05) is 0 Å². The zero-order valence-corrected chi connectivity index (χ0v) is 15.4. The van der Waals surface area contributed by atoms with Crippen LogP contribution in [0.25, 0.3) is 0 Å². The van der Waals surface area contributed by atoms with Gasteiger partial charge in [-0.25, -0.2) is 0 Å². The Morgan fingerprint density at radius 1 is 1.24 bits per heavy atom. The third kappa shape index (κ3) is 5.14. The largest absolute Gasteiger partial charge is 1.00 e. The van der Waals surface area contributed by atoms with Crippen LogP contribution in [0.3, 0.4) is 0 Å². The standard InChI is InChI=1S/C13H15BF3N2O.K/c1-3-11-8-12(19(2)18-11)9-20-13-6-4-5-10(7-13)14(15,16)17;/h4-8H,3,9H2,1-2H3;/q-1;+1. The molecule has 0 fully saturated rings. The van der Waals surface area contributed by atoms with E-state index in [9.17, 15) is 12.9 Å². The van der Waals surface area contributed by atoms with Gasteiger partial charge in [0.2, 0.25) is 0 Å². The van der Waals surface area contributed by atoms with E-state index in [4.69, 9.17) is 4.74 Å². The molecule has 0 spiro atoms. The molecule has 0 N–H and O–H groups in total. The molecule has 0 saturated heterocycles. The minimum absolute atomic E-state index is 0. The van der Waals surface area contributed by atoms with Crippen LogP contribution in [0, 0.1) is 0 Å². The Hall–Kier alpha value is -0.279. The fraction of sp³-hybridized carbons (Fsp3) is 0.308. The van der Waals surface area contributed by atoms with Crippen molar-refractivity contribution >= 4 is 12.4 Å². The molecule has 0 bridgehead atoms. The third-order valence-corrected chi connectivity index (χ3v) is 3.01. The van der Waals surface area contributed by atoms with Gasteiger partial charge in [-0.2, -0.15) is 5.10 Å². The van der Waals surface area contributed by atoms with E-state index in [1.165, 1.54) is 12.1 Å². The minimum Gasteiger partial charge on any atom is -0.487 e. The number of aromatic nitrogens is 2. The smallest absolute Gasteiger partial charge is 0.487 e. The molecule has 0 radical (unpaired) electrons. The Morgan fingerprint density at radius 2 is 1.95 bits per heavy atom. The Kier molecular flexibility index (Phi) is 6.99. The number of halogens is 3. The van der Waals surface area contributed by atoms with E-state index in [1.807, 2.05) is 13.0 Å². The number of rotatable bonds is 5. The first kappa shape index (κ1) is 18.8. The molecule has 0 unspecified atom stereocenters. The Morgan fingerprint density at radius 3 is 2.52 bits per heavy atom. The summed E-state index contributed by atoms with van der Waals surface area (Å²) in [6.07, 6.45) is 0.805. The van der Waals surface area contributed by atoms with Crippen LogP contribution >= 0.6 is 0 Å². The molecule has 8 heteroatoms. The third-order valence-electron chi connectivity index (χ3n) is 3.01. The molecule has 0 atom stereocenters. The van der Waals surface area contributed by atoms with E-state index in [1.54, 1.807) is 11.7 Å². The Bertz CT molecular complexity index is 601. The fourth-order valence-electron chi connectivity index (χ4n) is 1.84. The Labute approximate surface area is 164 Å². The maximum Gasteiger partial charge on any atom is 1.00 e. The van der Waals surface area contributed by atoms with Crippen molar-refractivity contribution in [3.8, 4) is 5.75 Å². The number of hydrogen-bond donors (Lipinski definition) is 0. The quantitative estimate of drug-likeness (QED) is 0.702. The van der Waals surface area contributed by atoms with Crippen molar-refractivity contribution in [2.45, 2.75) is 20.0 Å². The van der Waals surface area contributed by atoms with E-state index >= 15 is 0 Å². The van der Waals surface area contributed by atoms with Crippen LogP contribution < -0.4 is 61.6 Å². The van der Waals surface area contributed by atoms with E-state index in [-0.39, 0.29) is 63.7 Å². The molecule has 1 heterocycles. The molecular weight excluding hydrogens is 307 g/mol. The van der Waals surface area contributed by atoms with Crippen molar-refractivity contribution in [3.63, 3.8) is 0 Å². The first-order valence-corrected chi connectivity index (χ1v) is 6.34. The van der Waals surface area contributed by atoms with Gasteiger partial charge in [0.25, 0.3) is 0 Å². The van der Waals surface area contributed by atoms with Gasteiger partial charge < -0.3 is 17.7 Å². The van der Waals surface area contributed by atoms with Gasteiger partial charge in [-0.05, 0) is 24.6 Å². The molecule has 1 aromatic carbocycles. The molecule has 0 saturated carbocycles. The SMILES string of the molecule is CCc1cc(COc2cccc([B-](F)(F)F)c2)n(C)n1.[K+].